The zero-order valence-corrected chi connectivity index (χ0v) is 14.2. The maximum absolute atomic E-state index is 12.8. The Morgan fingerprint density at radius 1 is 1.27 bits per heavy atom. The monoisotopic (exact) mass is 361 g/mol. The van der Waals surface area contributed by atoms with Gasteiger partial charge in [-0.15, -0.1) is 10.2 Å². The number of nitrogens with one attached hydrogen (secondary N) is 1. The van der Waals surface area contributed by atoms with Crippen molar-refractivity contribution < 1.29 is 18.3 Å². The molecule has 1 unspecified atom stereocenters. The Hall–Kier alpha value is -3.10. The molecule has 0 saturated heterocycles. The molecule has 0 saturated carbocycles. The number of fused-ring (bicyclic) bond motifs is 1. The molecule has 136 valence electrons. The van der Waals surface area contributed by atoms with Crippen LogP contribution in [0.1, 0.15) is 29.0 Å². The summed E-state index contributed by atoms with van der Waals surface area (Å²) in [5.41, 5.74) is 0.0758. The number of ether oxygens (including phenoxy) is 1. The van der Waals surface area contributed by atoms with Crippen molar-refractivity contribution in [2.45, 2.75) is 19.5 Å². The molecule has 1 heterocycles. The zero-order valence-electron chi connectivity index (χ0n) is 14.2. The molecule has 9 heteroatoms. The average molecular weight is 361 g/mol. The number of halogens is 2. The van der Waals surface area contributed by atoms with Crippen LogP contribution in [0, 0.1) is 0 Å². The lowest BCUT2D eigenvalue weighted by atomic mass is 10.0. The van der Waals surface area contributed by atoms with Gasteiger partial charge in [0.1, 0.15) is 5.75 Å². The van der Waals surface area contributed by atoms with Gasteiger partial charge < -0.3 is 9.64 Å². The number of benzene rings is 2. The first kappa shape index (κ1) is 17.7. The lowest BCUT2D eigenvalue weighted by molar-refractivity contribution is -0.0501. The van der Waals surface area contributed by atoms with Crippen molar-refractivity contribution in [3.05, 3.63) is 47.8 Å². The first-order chi connectivity index (χ1) is 12.5. The van der Waals surface area contributed by atoms with Gasteiger partial charge in [-0.05, 0) is 22.9 Å². The topological polar surface area (TPSA) is 84.0 Å². The van der Waals surface area contributed by atoms with Crippen LogP contribution in [0.2, 0.25) is 0 Å². The minimum Gasteiger partial charge on any atom is -0.434 e. The molecule has 1 amide bonds. The molecule has 0 aliphatic rings. The van der Waals surface area contributed by atoms with E-state index in [1.54, 1.807) is 31.3 Å². The molecule has 0 spiro atoms. The number of rotatable bonds is 6. The van der Waals surface area contributed by atoms with Crippen molar-refractivity contribution in [2.24, 2.45) is 0 Å². The van der Waals surface area contributed by atoms with Gasteiger partial charge in [-0.1, -0.05) is 36.4 Å². The number of tetrazole rings is 1. The molecule has 3 rings (SSSR count). The molecule has 1 N–H and O–H groups in total. The Morgan fingerprint density at radius 3 is 2.58 bits per heavy atom. The Balaban J connectivity index is 1.90. The second-order valence-electron chi connectivity index (χ2n) is 5.93. The van der Waals surface area contributed by atoms with Gasteiger partial charge in [-0.25, -0.2) is 0 Å². The summed E-state index contributed by atoms with van der Waals surface area (Å²) < 4.78 is 30.2. The number of aromatic nitrogens is 4. The van der Waals surface area contributed by atoms with Gasteiger partial charge in [0.15, 0.2) is 5.82 Å². The number of aromatic amines is 1. The summed E-state index contributed by atoms with van der Waals surface area (Å²) in [6.07, 6.45) is 0. The minimum atomic E-state index is -3.02. The lowest BCUT2D eigenvalue weighted by Crippen LogP contribution is -2.31. The van der Waals surface area contributed by atoms with Crippen LogP contribution >= 0.6 is 0 Å². The summed E-state index contributed by atoms with van der Waals surface area (Å²) in [4.78, 5) is 14.3. The number of hydrogen-bond acceptors (Lipinski definition) is 5. The molecule has 1 aromatic heterocycles. The molecule has 0 fully saturated rings. The van der Waals surface area contributed by atoms with E-state index in [1.165, 1.54) is 11.0 Å². The fourth-order valence-corrected chi connectivity index (χ4v) is 2.74. The molecule has 0 bridgehead atoms. The number of carbonyl (C=O) groups excluding carboxylic acids is 1. The molecule has 0 aliphatic carbocycles. The highest BCUT2D eigenvalue weighted by Crippen LogP contribution is 2.29. The molecular weight excluding hydrogens is 344 g/mol. The number of alkyl halides is 2. The number of carbonyl (C=O) groups is 1. The summed E-state index contributed by atoms with van der Waals surface area (Å²) in [6, 6.07) is 10.2. The molecule has 2 aromatic carbocycles. The van der Waals surface area contributed by atoms with Gasteiger partial charge in [0.05, 0.1) is 5.56 Å². The van der Waals surface area contributed by atoms with Crippen molar-refractivity contribution in [2.75, 3.05) is 13.6 Å². The first-order valence-corrected chi connectivity index (χ1v) is 7.92. The first-order valence-electron chi connectivity index (χ1n) is 7.92. The highest BCUT2D eigenvalue weighted by molar-refractivity contribution is 6.01. The Bertz CT molecular complexity index is 901. The van der Waals surface area contributed by atoms with Gasteiger partial charge >= 0.3 is 6.61 Å². The highest BCUT2D eigenvalue weighted by atomic mass is 19.3. The summed E-state index contributed by atoms with van der Waals surface area (Å²) >= 11 is 0. The Morgan fingerprint density at radius 2 is 1.96 bits per heavy atom. The predicted octanol–water partition coefficient (Wildman–Crippen LogP) is 2.83. The third kappa shape index (κ3) is 3.76. The molecule has 3 aromatic rings. The van der Waals surface area contributed by atoms with E-state index in [1.807, 2.05) is 13.0 Å². The van der Waals surface area contributed by atoms with Crippen molar-refractivity contribution in [3.8, 4) is 5.75 Å². The fourth-order valence-electron chi connectivity index (χ4n) is 2.74. The van der Waals surface area contributed by atoms with Crippen LogP contribution in [-0.4, -0.2) is 51.6 Å². The smallest absolute Gasteiger partial charge is 0.387 e. The van der Waals surface area contributed by atoms with Gasteiger partial charge in [0.25, 0.3) is 5.91 Å². The Labute approximate surface area is 147 Å². The van der Waals surface area contributed by atoms with Crippen LogP contribution in [-0.2, 0) is 0 Å². The van der Waals surface area contributed by atoms with Gasteiger partial charge in [0, 0.05) is 19.5 Å². The van der Waals surface area contributed by atoms with Crippen molar-refractivity contribution in [3.63, 3.8) is 0 Å². The predicted molar refractivity (Wildman–Crippen MR) is 90.1 cm³/mol. The maximum Gasteiger partial charge on any atom is 0.387 e. The van der Waals surface area contributed by atoms with E-state index in [0.29, 0.717) is 17.8 Å². The molecular formula is C17H17F2N5O2. The van der Waals surface area contributed by atoms with Gasteiger partial charge in [-0.3, -0.25) is 4.79 Å². The maximum atomic E-state index is 12.8. The standard InChI is InChI=1S/C17H17F2N5O2/c1-10(15-20-22-23-21-15)9-24(2)16(25)13-7-11-5-3-4-6-12(11)8-14(13)26-17(18)19/h3-8,10,17H,9H2,1-2H3,(H,20,21,22,23). The van der Waals surface area contributed by atoms with Crippen LogP contribution in [0.4, 0.5) is 8.78 Å². The van der Waals surface area contributed by atoms with Crippen LogP contribution < -0.4 is 4.74 Å². The second-order valence-corrected chi connectivity index (χ2v) is 5.93. The van der Waals surface area contributed by atoms with Crippen LogP contribution in [0.25, 0.3) is 10.8 Å². The van der Waals surface area contributed by atoms with E-state index >= 15 is 0 Å². The van der Waals surface area contributed by atoms with Crippen molar-refractivity contribution >= 4 is 16.7 Å². The number of nitrogens with zero attached hydrogens (tertiary/aromatic N) is 4. The number of hydrogen-bond donors (Lipinski definition) is 1. The van der Waals surface area contributed by atoms with Crippen LogP contribution in [0.15, 0.2) is 36.4 Å². The normalized spacial score (nSPS) is 12.3. The minimum absolute atomic E-state index is 0.0758. The van der Waals surface area contributed by atoms with Crippen molar-refractivity contribution in [1.82, 2.24) is 25.5 Å². The lowest BCUT2D eigenvalue weighted by Gasteiger charge is -2.21. The zero-order chi connectivity index (χ0) is 18.7. The number of amides is 1. The average Bonchev–Trinajstić information content (AvgIpc) is 3.14. The quantitative estimate of drug-likeness (QED) is 0.730. The largest absolute Gasteiger partial charge is 0.434 e. The van der Waals surface area contributed by atoms with E-state index in [-0.39, 0.29) is 17.2 Å². The third-order valence-corrected chi connectivity index (χ3v) is 3.99. The number of likely N-dealkylation sites (N-methyl/N-ethyl adjacent to an activating group) is 1. The van der Waals surface area contributed by atoms with E-state index in [9.17, 15) is 13.6 Å². The number of H-pyrrole nitrogens is 1. The fraction of sp³-hybridized carbons (Fsp3) is 0.294. The van der Waals surface area contributed by atoms with E-state index in [4.69, 9.17) is 0 Å². The van der Waals surface area contributed by atoms with Crippen LogP contribution in [0.3, 0.4) is 0 Å². The third-order valence-electron chi connectivity index (χ3n) is 3.99. The highest BCUT2D eigenvalue weighted by Gasteiger charge is 2.22. The molecule has 0 radical (unpaired) electrons. The Kier molecular flexibility index (Phi) is 5.06. The van der Waals surface area contributed by atoms with Crippen LogP contribution in [0.5, 0.6) is 5.75 Å². The summed E-state index contributed by atoms with van der Waals surface area (Å²) in [5.74, 6) is -0.292. The molecule has 1 atom stereocenters. The summed E-state index contributed by atoms with van der Waals surface area (Å²) in [6.45, 7) is -0.892. The molecule has 7 nitrogen and oxygen atoms in total. The second kappa shape index (κ2) is 7.42. The van der Waals surface area contributed by atoms with Gasteiger partial charge in [-0.2, -0.15) is 14.0 Å². The van der Waals surface area contributed by atoms with Gasteiger partial charge in [0.2, 0.25) is 0 Å². The van der Waals surface area contributed by atoms with E-state index in [0.717, 1.165) is 5.39 Å². The van der Waals surface area contributed by atoms with Crippen molar-refractivity contribution in [1.29, 1.82) is 0 Å². The van der Waals surface area contributed by atoms with E-state index < -0.39 is 12.5 Å². The summed E-state index contributed by atoms with van der Waals surface area (Å²) in [5, 5.41) is 15.1. The SMILES string of the molecule is CC(CN(C)C(=O)c1cc2ccccc2cc1OC(F)F)c1nn[nH]n1. The molecule has 0 aliphatic heterocycles. The van der Waals surface area contributed by atoms with E-state index in [2.05, 4.69) is 25.4 Å². The molecule has 26 heavy (non-hydrogen) atoms. The summed E-state index contributed by atoms with van der Waals surface area (Å²) in [7, 11) is 1.58.